The fourth-order valence-electron chi connectivity index (χ4n) is 1.94. The van der Waals surface area contributed by atoms with Crippen LogP contribution in [0.3, 0.4) is 0 Å². The second-order valence-electron chi connectivity index (χ2n) is 4.72. The van der Waals surface area contributed by atoms with E-state index >= 15 is 0 Å². The summed E-state index contributed by atoms with van der Waals surface area (Å²) < 4.78 is 38.1. The van der Waals surface area contributed by atoms with Gasteiger partial charge in [-0.2, -0.15) is 13.2 Å². The Balaban J connectivity index is 2.22. The van der Waals surface area contributed by atoms with Gasteiger partial charge in [0.1, 0.15) is 0 Å². The number of oxime groups is 1. The third kappa shape index (κ3) is 4.48. The first kappa shape index (κ1) is 17.8. The number of alkyl halides is 3. The van der Waals surface area contributed by atoms with Crippen LogP contribution in [0.1, 0.15) is 16.7 Å². The first-order valence-corrected chi connectivity index (χ1v) is 7.54. The van der Waals surface area contributed by atoms with Crippen molar-refractivity contribution in [2.45, 2.75) is 16.8 Å². The predicted octanol–water partition coefficient (Wildman–Crippen LogP) is 4.71. The summed E-state index contributed by atoms with van der Waals surface area (Å²) >= 11 is 1.06. The molecule has 0 aliphatic carbocycles. The third-order valence-electron chi connectivity index (χ3n) is 3.04. The largest absolute Gasteiger partial charge is 0.416 e. The van der Waals surface area contributed by atoms with E-state index in [0.717, 1.165) is 30.1 Å². The minimum Gasteiger partial charge on any atom is -0.411 e. The maximum absolute atomic E-state index is 12.7. The number of nitrogens with zero attached hydrogens (tertiary/aromatic N) is 2. The van der Waals surface area contributed by atoms with Crippen molar-refractivity contribution >= 4 is 23.7 Å². The van der Waals surface area contributed by atoms with Gasteiger partial charge >= 0.3 is 6.18 Å². The minimum atomic E-state index is -4.43. The van der Waals surface area contributed by atoms with Crippen LogP contribution in [0.25, 0.3) is 0 Å². The average Bonchev–Trinajstić information content (AvgIpc) is 2.53. The number of nitro benzene ring substituents is 1. The smallest absolute Gasteiger partial charge is 0.411 e. The van der Waals surface area contributed by atoms with Crippen molar-refractivity contribution in [2.75, 3.05) is 0 Å². The Labute approximate surface area is 138 Å². The number of thioether (sulfide) groups is 1. The van der Waals surface area contributed by atoms with E-state index in [1.54, 1.807) is 0 Å². The Hall–Kier alpha value is -2.55. The molecule has 0 aliphatic heterocycles. The highest BCUT2D eigenvalue weighted by molar-refractivity contribution is 7.98. The lowest BCUT2D eigenvalue weighted by Gasteiger charge is -2.09. The molecule has 0 fully saturated rings. The Morgan fingerprint density at radius 1 is 1.25 bits per heavy atom. The molecule has 2 aromatic carbocycles. The fourth-order valence-corrected chi connectivity index (χ4v) is 2.89. The predicted molar refractivity (Wildman–Crippen MR) is 83.5 cm³/mol. The number of rotatable bonds is 5. The second kappa shape index (κ2) is 7.35. The van der Waals surface area contributed by atoms with Crippen LogP contribution in [0.5, 0.6) is 0 Å². The van der Waals surface area contributed by atoms with Gasteiger partial charge in [-0.15, -0.1) is 11.8 Å². The lowest BCUT2D eigenvalue weighted by molar-refractivity contribution is -0.387. The fraction of sp³-hybridized carbons (Fsp3) is 0.133. The van der Waals surface area contributed by atoms with Gasteiger partial charge in [0, 0.05) is 17.4 Å². The first-order valence-electron chi connectivity index (χ1n) is 6.56. The first-order chi connectivity index (χ1) is 11.3. The van der Waals surface area contributed by atoms with Gasteiger partial charge in [-0.3, -0.25) is 10.1 Å². The van der Waals surface area contributed by atoms with Gasteiger partial charge < -0.3 is 5.21 Å². The Morgan fingerprint density at radius 2 is 2.00 bits per heavy atom. The summed E-state index contributed by atoms with van der Waals surface area (Å²) in [6.45, 7) is 0. The van der Waals surface area contributed by atoms with E-state index in [2.05, 4.69) is 5.16 Å². The van der Waals surface area contributed by atoms with Crippen molar-refractivity contribution in [3.63, 3.8) is 0 Å². The van der Waals surface area contributed by atoms with Crippen molar-refractivity contribution in [1.82, 2.24) is 0 Å². The molecule has 0 aliphatic rings. The van der Waals surface area contributed by atoms with E-state index in [9.17, 15) is 23.3 Å². The average molecular weight is 356 g/mol. The molecule has 0 bridgehead atoms. The van der Waals surface area contributed by atoms with E-state index in [1.165, 1.54) is 30.3 Å². The summed E-state index contributed by atoms with van der Waals surface area (Å²) in [5, 5.41) is 22.4. The lowest BCUT2D eigenvalue weighted by atomic mass is 10.1. The number of nitro groups is 1. The highest BCUT2D eigenvalue weighted by Gasteiger charge is 2.30. The highest BCUT2D eigenvalue weighted by atomic mass is 32.2. The summed E-state index contributed by atoms with van der Waals surface area (Å²) in [5.74, 6) is 0.151. The molecule has 0 heterocycles. The monoisotopic (exact) mass is 356 g/mol. The van der Waals surface area contributed by atoms with Crippen molar-refractivity contribution in [2.24, 2.45) is 5.16 Å². The molecule has 0 atom stereocenters. The van der Waals surface area contributed by atoms with Crippen molar-refractivity contribution in [1.29, 1.82) is 0 Å². The molecule has 9 heteroatoms. The Bertz CT molecular complexity index is 779. The van der Waals surface area contributed by atoms with Crippen LogP contribution in [0, 0.1) is 10.1 Å². The molecule has 126 valence electrons. The molecule has 2 aromatic rings. The molecular weight excluding hydrogens is 345 g/mol. The number of hydrogen-bond acceptors (Lipinski definition) is 5. The molecule has 1 N–H and O–H groups in total. The Kier molecular flexibility index (Phi) is 5.45. The zero-order valence-corrected chi connectivity index (χ0v) is 12.8. The lowest BCUT2D eigenvalue weighted by Crippen LogP contribution is -2.04. The van der Waals surface area contributed by atoms with Gasteiger partial charge in [0.25, 0.3) is 5.69 Å². The van der Waals surface area contributed by atoms with Crippen LogP contribution in [0.15, 0.2) is 52.5 Å². The maximum Gasteiger partial charge on any atom is 0.416 e. The van der Waals surface area contributed by atoms with Gasteiger partial charge in [-0.25, -0.2) is 0 Å². The molecule has 0 spiro atoms. The summed E-state index contributed by atoms with van der Waals surface area (Å²) in [5.41, 5.74) is -0.216. The van der Waals surface area contributed by atoms with Crippen LogP contribution in [-0.4, -0.2) is 16.3 Å². The van der Waals surface area contributed by atoms with Crippen LogP contribution < -0.4 is 0 Å². The van der Waals surface area contributed by atoms with Gasteiger partial charge in [0.15, 0.2) is 0 Å². The van der Waals surface area contributed by atoms with Gasteiger partial charge in [-0.05, 0) is 17.7 Å². The second-order valence-corrected chi connectivity index (χ2v) is 5.73. The third-order valence-corrected chi connectivity index (χ3v) is 4.17. The zero-order chi connectivity index (χ0) is 17.7. The number of halogens is 3. The summed E-state index contributed by atoms with van der Waals surface area (Å²) in [7, 11) is 0. The topological polar surface area (TPSA) is 75.7 Å². The Morgan fingerprint density at radius 3 is 2.62 bits per heavy atom. The van der Waals surface area contributed by atoms with Gasteiger partial charge in [-0.1, -0.05) is 29.4 Å². The van der Waals surface area contributed by atoms with E-state index in [-0.39, 0.29) is 11.4 Å². The molecular formula is C15H11F3N2O3S. The summed E-state index contributed by atoms with van der Waals surface area (Å²) in [4.78, 5) is 10.8. The molecule has 0 amide bonds. The normalized spacial score (nSPS) is 11.8. The molecule has 2 rings (SSSR count). The molecule has 0 saturated carbocycles. The van der Waals surface area contributed by atoms with E-state index in [1.807, 2.05) is 0 Å². The van der Waals surface area contributed by atoms with E-state index in [4.69, 9.17) is 5.21 Å². The number of benzene rings is 2. The van der Waals surface area contributed by atoms with E-state index in [0.29, 0.717) is 16.0 Å². The van der Waals surface area contributed by atoms with Crippen LogP contribution in [-0.2, 0) is 11.9 Å². The SMILES string of the molecule is O=[N+]([O-])c1cc(/C=N/O)ccc1SCc1cccc(C(F)(F)F)c1. The molecule has 0 unspecified atom stereocenters. The van der Waals surface area contributed by atoms with Gasteiger partial charge in [0.05, 0.1) is 21.6 Å². The highest BCUT2D eigenvalue weighted by Crippen LogP contribution is 2.34. The van der Waals surface area contributed by atoms with Crippen molar-refractivity contribution in [3.05, 3.63) is 69.3 Å². The van der Waals surface area contributed by atoms with Crippen LogP contribution >= 0.6 is 11.8 Å². The van der Waals surface area contributed by atoms with E-state index < -0.39 is 16.7 Å². The quantitative estimate of drug-likeness (QED) is 0.277. The van der Waals surface area contributed by atoms with Gasteiger partial charge in [0.2, 0.25) is 0 Å². The van der Waals surface area contributed by atoms with Crippen LogP contribution in [0.2, 0.25) is 0 Å². The molecule has 24 heavy (non-hydrogen) atoms. The minimum absolute atomic E-state index is 0.151. The standard InChI is InChI=1S/C15H11F3N2O3S/c16-15(17,18)12-3-1-2-11(6-12)9-24-14-5-4-10(8-19-21)7-13(14)20(22)23/h1-8,21H,9H2/b19-8+. The summed E-state index contributed by atoms with van der Waals surface area (Å²) in [6.07, 6.45) is -3.38. The number of hydrogen-bond donors (Lipinski definition) is 1. The zero-order valence-electron chi connectivity index (χ0n) is 12.0. The molecule has 0 radical (unpaired) electrons. The molecule has 5 nitrogen and oxygen atoms in total. The van der Waals surface area contributed by atoms with Crippen molar-refractivity contribution in [3.8, 4) is 0 Å². The molecule has 0 aromatic heterocycles. The van der Waals surface area contributed by atoms with Crippen molar-refractivity contribution < 1.29 is 23.3 Å². The summed E-state index contributed by atoms with van der Waals surface area (Å²) in [6, 6.07) is 9.03. The molecule has 0 saturated heterocycles. The maximum atomic E-state index is 12.7. The van der Waals surface area contributed by atoms with Crippen LogP contribution in [0.4, 0.5) is 18.9 Å².